The quantitative estimate of drug-likeness (QED) is 0.909. The number of hydrogen-bond acceptors (Lipinski definition) is 4. The molecule has 1 aliphatic rings. The third-order valence-corrected chi connectivity index (χ3v) is 4.83. The van der Waals surface area contributed by atoms with E-state index in [2.05, 4.69) is 10.4 Å². The molecule has 0 fully saturated rings. The summed E-state index contributed by atoms with van der Waals surface area (Å²) < 4.78 is 0. The smallest absolute Gasteiger partial charge is 0.262 e. The molecule has 0 saturated carbocycles. The summed E-state index contributed by atoms with van der Waals surface area (Å²) >= 11 is 1.61. The summed E-state index contributed by atoms with van der Waals surface area (Å²) in [4.78, 5) is 25.1. The molecule has 2 heterocycles. The molecule has 5 nitrogen and oxygen atoms in total. The third-order valence-electron chi connectivity index (χ3n) is 3.91. The van der Waals surface area contributed by atoms with Crippen molar-refractivity contribution in [2.75, 3.05) is 6.54 Å². The average molecular weight is 341 g/mol. The zero-order valence-electron chi connectivity index (χ0n) is 13.4. The Morgan fingerprint density at radius 3 is 2.71 bits per heavy atom. The second kappa shape index (κ2) is 7.40. The van der Waals surface area contributed by atoms with Crippen molar-refractivity contribution < 1.29 is 9.59 Å². The molecule has 124 valence electrons. The molecular weight excluding hydrogens is 322 g/mol. The van der Waals surface area contributed by atoms with Crippen LogP contribution in [0.15, 0.2) is 52.9 Å². The van der Waals surface area contributed by atoms with Gasteiger partial charge in [0.2, 0.25) is 5.91 Å². The molecule has 6 heteroatoms. The second-order valence-corrected chi connectivity index (χ2v) is 6.47. The summed E-state index contributed by atoms with van der Waals surface area (Å²) in [5.74, 6) is -0.335. The fourth-order valence-corrected chi connectivity index (χ4v) is 3.37. The van der Waals surface area contributed by atoms with E-state index in [0.717, 1.165) is 16.2 Å². The molecule has 0 bridgehead atoms. The lowest BCUT2D eigenvalue weighted by atomic mass is 10.0. The molecule has 3 rings (SSSR count). The van der Waals surface area contributed by atoms with Crippen LogP contribution in [0.4, 0.5) is 0 Å². The van der Waals surface area contributed by atoms with Crippen LogP contribution in [-0.4, -0.2) is 29.1 Å². The van der Waals surface area contributed by atoms with E-state index in [0.29, 0.717) is 12.8 Å². The molecule has 1 atom stereocenters. The largest absolute Gasteiger partial charge is 0.347 e. The van der Waals surface area contributed by atoms with Gasteiger partial charge >= 0.3 is 0 Å². The highest BCUT2D eigenvalue weighted by Gasteiger charge is 2.33. The van der Waals surface area contributed by atoms with Gasteiger partial charge in [-0.2, -0.15) is 5.10 Å². The van der Waals surface area contributed by atoms with Crippen LogP contribution in [0.25, 0.3) is 0 Å². The van der Waals surface area contributed by atoms with Crippen molar-refractivity contribution in [3.8, 4) is 0 Å². The van der Waals surface area contributed by atoms with Crippen LogP contribution in [0.1, 0.15) is 36.2 Å². The van der Waals surface area contributed by atoms with E-state index in [4.69, 9.17) is 0 Å². The fourth-order valence-electron chi connectivity index (χ4n) is 2.65. The van der Waals surface area contributed by atoms with Gasteiger partial charge < -0.3 is 5.32 Å². The Bertz CT molecular complexity index is 741. The minimum atomic E-state index is -0.197. The van der Waals surface area contributed by atoms with Crippen LogP contribution in [0, 0.1) is 0 Å². The number of nitrogens with zero attached hydrogens (tertiary/aromatic N) is 2. The number of benzene rings is 1. The zero-order chi connectivity index (χ0) is 16.9. The Hall–Kier alpha value is -2.47. The van der Waals surface area contributed by atoms with Gasteiger partial charge in [0, 0.05) is 12.8 Å². The summed E-state index contributed by atoms with van der Waals surface area (Å²) in [7, 11) is 0. The lowest BCUT2D eigenvalue weighted by molar-refractivity contribution is -0.134. The molecule has 1 aliphatic heterocycles. The van der Waals surface area contributed by atoms with Gasteiger partial charge in [0.1, 0.15) is 0 Å². The van der Waals surface area contributed by atoms with Gasteiger partial charge in [0.25, 0.3) is 5.91 Å². The third kappa shape index (κ3) is 3.54. The number of hydrogen-bond donors (Lipinski definition) is 1. The van der Waals surface area contributed by atoms with Gasteiger partial charge in [0.05, 0.1) is 23.2 Å². The van der Waals surface area contributed by atoms with E-state index in [9.17, 15) is 9.59 Å². The van der Waals surface area contributed by atoms with Crippen LogP contribution in [-0.2, 0) is 9.59 Å². The highest BCUT2D eigenvalue weighted by molar-refractivity contribution is 7.12. The zero-order valence-corrected chi connectivity index (χ0v) is 14.3. The maximum absolute atomic E-state index is 12.6. The first kappa shape index (κ1) is 16.4. The molecule has 24 heavy (non-hydrogen) atoms. The molecule has 1 N–H and O–H groups in total. The number of thiophene rings is 1. The van der Waals surface area contributed by atoms with Crippen molar-refractivity contribution in [1.29, 1.82) is 0 Å². The Labute approximate surface area is 145 Å². The van der Waals surface area contributed by atoms with Crippen LogP contribution < -0.4 is 5.32 Å². The second-order valence-electron chi connectivity index (χ2n) is 5.52. The molecule has 2 aromatic rings. The predicted molar refractivity (Wildman–Crippen MR) is 94.8 cm³/mol. The van der Waals surface area contributed by atoms with Crippen molar-refractivity contribution >= 4 is 28.9 Å². The van der Waals surface area contributed by atoms with E-state index >= 15 is 0 Å². The standard InChI is InChI=1S/C18H19N3O2S/c1-2-17(22)19-12-18(23)21-15(13-7-4-3-5-8-13)11-14(20-21)16-9-6-10-24-16/h3-10,15H,2,11-12H2,1H3,(H,19,22). The molecule has 0 spiro atoms. The highest BCUT2D eigenvalue weighted by Crippen LogP contribution is 2.33. The van der Waals surface area contributed by atoms with E-state index in [1.165, 1.54) is 5.01 Å². The minimum Gasteiger partial charge on any atom is -0.347 e. The van der Waals surface area contributed by atoms with E-state index < -0.39 is 0 Å². The first-order valence-electron chi connectivity index (χ1n) is 7.94. The molecular formula is C18H19N3O2S. The summed E-state index contributed by atoms with van der Waals surface area (Å²) in [5, 5.41) is 10.7. The number of amides is 2. The number of carbonyl (C=O) groups is 2. The summed E-state index contributed by atoms with van der Waals surface area (Å²) in [6, 6.07) is 13.7. The fraction of sp³-hybridized carbons (Fsp3) is 0.278. The Balaban J connectivity index is 1.82. The normalized spacial score (nSPS) is 16.8. The predicted octanol–water partition coefficient (Wildman–Crippen LogP) is 2.95. The summed E-state index contributed by atoms with van der Waals surface area (Å²) in [6.45, 7) is 1.73. The van der Waals surface area contributed by atoms with Gasteiger partial charge in [-0.3, -0.25) is 9.59 Å². The van der Waals surface area contributed by atoms with Crippen LogP contribution >= 0.6 is 11.3 Å². The maximum Gasteiger partial charge on any atom is 0.262 e. The minimum absolute atomic E-state index is 0.0305. The Morgan fingerprint density at radius 2 is 2.04 bits per heavy atom. The SMILES string of the molecule is CCC(=O)NCC(=O)N1N=C(c2cccs2)CC1c1ccccc1. The number of hydrazone groups is 1. The summed E-state index contributed by atoms with van der Waals surface area (Å²) in [5.41, 5.74) is 1.96. The molecule has 0 radical (unpaired) electrons. The Morgan fingerprint density at radius 1 is 1.25 bits per heavy atom. The van der Waals surface area contributed by atoms with Gasteiger partial charge in [-0.1, -0.05) is 43.3 Å². The molecule has 1 unspecified atom stereocenters. The van der Waals surface area contributed by atoms with Gasteiger partial charge in [-0.15, -0.1) is 11.3 Å². The Kier molecular flexibility index (Phi) is 5.05. The average Bonchev–Trinajstić information content (AvgIpc) is 3.29. The van der Waals surface area contributed by atoms with Crippen molar-refractivity contribution in [3.63, 3.8) is 0 Å². The monoisotopic (exact) mass is 341 g/mol. The number of carbonyl (C=O) groups excluding carboxylic acids is 2. The topological polar surface area (TPSA) is 61.8 Å². The number of rotatable bonds is 5. The molecule has 0 aliphatic carbocycles. The highest BCUT2D eigenvalue weighted by atomic mass is 32.1. The molecule has 0 saturated heterocycles. The van der Waals surface area contributed by atoms with E-state index in [-0.39, 0.29) is 24.4 Å². The number of nitrogens with one attached hydrogen (secondary N) is 1. The molecule has 2 amide bonds. The lowest BCUT2D eigenvalue weighted by Gasteiger charge is -2.22. The molecule has 1 aromatic heterocycles. The maximum atomic E-state index is 12.6. The van der Waals surface area contributed by atoms with Crippen LogP contribution in [0.3, 0.4) is 0 Å². The first-order valence-corrected chi connectivity index (χ1v) is 8.82. The van der Waals surface area contributed by atoms with Crippen LogP contribution in [0.5, 0.6) is 0 Å². The van der Waals surface area contributed by atoms with Crippen molar-refractivity contribution in [3.05, 3.63) is 58.3 Å². The van der Waals surface area contributed by atoms with E-state index in [1.807, 2.05) is 47.8 Å². The summed E-state index contributed by atoms with van der Waals surface area (Å²) in [6.07, 6.45) is 1.04. The molecule has 1 aromatic carbocycles. The lowest BCUT2D eigenvalue weighted by Crippen LogP contribution is -2.37. The van der Waals surface area contributed by atoms with Crippen molar-refractivity contribution in [1.82, 2.24) is 10.3 Å². The van der Waals surface area contributed by atoms with Crippen molar-refractivity contribution in [2.45, 2.75) is 25.8 Å². The van der Waals surface area contributed by atoms with Crippen LogP contribution in [0.2, 0.25) is 0 Å². The van der Waals surface area contributed by atoms with Crippen molar-refractivity contribution in [2.24, 2.45) is 5.10 Å². The van der Waals surface area contributed by atoms with E-state index in [1.54, 1.807) is 18.3 Å². The van der Waals surface area contributed by atoms with Gasteiger partial charge in [-0.25, -0.2) is 5.01 Å². The first-order chi connectivity index (χ1) is 11.7. The van der Waals surface area contributed by atoms with Gasteiger partial charge in [-0.05, 0) is 17.0 Å². The van der Waals surface area contributed by atoms with Gasteiger partial charge in [0.15, 0.2) is 0 Å².